The summed E-state index contributed by atoms with van der Waals surface area (Å²) in [7, 11) is -2.07. The van der Waals surface area contributed by atoms with Crippen LogP contribution in [0.4, 0.5) is 5.69 Å². The molecule has 0 spiro atoms. The highest BCUT2D eigenvalue weighted by molar-refractivity contribution is 7.89. The molecular formula is C26H33N3O5S. The molecule has 2 aliphatic rings. The molecule has 188 valence electrons. The molecule has 0 aliphatic carbocycles. The molecule has 0 radical (unpaired) electrons. The molecule has 2 aromatic rings. The predicted molar refractivity (Wildman–Crippen MR) is 134 cm³/mol. The Kier molecular flexibility index (Phi) is 6.92. The standard InChI is InChI=1S/C26H33N3O5S/c1-18-7-6-12-28(16-18)35(32,33)21-10-11-23-22(14-21)26(2,3)25(31)29(23)17-24(30)27-15-19-8-5-9-20(13-19)34-4/h5,8-11,13-14,18H,6-7,12,15-17H2,1-4H3,(H,27,30)/t18-/m1/s1. The van der Waals surface area contributed by atoms with E-state index in [1.807, 2.05) is 24.3 Å². The van der Waals surface area contributed by atoms with Crippen LogP contribution in [0, 0.1) is 5.92 Å². The Bertz CT molecular complexity index is 1240. The molecule has 2 aromatic carbocycles. The van der Waals surface area contributed by atoms with Gasteiger partial charge in [-0.25, -0.2) is 8.42 Å². The van der Waals surface area contributed by atoms with E-state index in [0.717, 1.165) is 18.4 Å². The maximum Gasteiger partial charge on any atom is 0.243 e. The fourth-order valence-electron chi connectivity index (χ4n) is 4.83. The summed E-state index contributed by atoms with van der Waals surface area (Å²) in [4.78, 5) is 27.6. The minimum Gasteiger partial charge on any atom is -0.497 e. The van der Waals surface area contributed by atoms with E-state index in [4.69, 9.17) is 4.74 Å². The van der Waals surface area contributed by atoms with Crippen LogP contribution in [0.3, 0.4) is 0 Å². The number of amides is 2. The number of methoxy groups -OCH3 is 1. The van der Waals surface area contributed by atoms with E-state index < -0.39 is 15.4 Å². The Morgan fingerprint density at radius 3 is 2.69 bits per heavy atom. The molecule has 0 aromatic heterocycles. The first-order valence-corrected chi connectivity index (χ1v) is 13.3. The summed E-state index contributed by atoms with van der Waals surface area (Å²) in [6, 6.07) is 12.2. The molecule has 0 saturated carbocycles. The summed E-state index contributed by atoms with van der Waals surface area (Å²) >= 11 is 0. The molecule has 8 nitrogen and oxygen atoms in total. The highest BCUT2D eigenvalue weighted by Gasteiger charge is 2.45. The van der Waals surface area contributed by atoms with Crippen molar-refractivity contribution in [2.24, 2.45) is 5.92 Å². The quantitative estimate of drug-likeness (QED) is 0.632. The predicted octanol–water partition coefficient (Wildman–Crippen LogP) is 3.06. The number of rotatable bonds is 7. The summed E-state index contributed by atoms with van der Waals surface area (Å²) in [6.07, 6.45) is 1.86. The van der Waals surface area contributed by atoms with E-state index in [2.05, 4.69) is 12.2 Å². The van der Waals surface area contributed by atoms with Crippen LogP contribution in [-0.2, 0) is 31.6 Å². The molecule has 0 bridgehead atoms. The average Bonchev–Trinajstić information content (AvgIpc) is 3.03. The van der Waals surface area contributed by atoms with Gasteiger partial charge in [-0.2, -0.15) is 4.31 Å². The van der Waals surface area contributed by atoms with Gasteiger partial charge in [0.05, 0.1) is 17.4 Å². The van der Waals surface area contributed by atoms with E-state index in [1.165, 1.54) is 9.21 Å². The molecule has 2 amide bonds. The third-order valence-electron chi connectivity index (χ3n) is 6.90. The topological polar surface area (TPSA) is 96.0 Å². The van der Waals surface area contributed by atoms with Gasteiger partial charge in [0.15, 0.2) is 0 Å². The summed E-state index contributed by atoms with van der Waals surface area (Å²) in [5, 5.41) is 2.85. The zero-order chi connectivity index (χ0) is 25.4. The minimum atomic E-state index is -3.66. The number of ether oxygens (including phenoxy) is 1. The summed E-state index contributed by atoms with van der Waals surface area (Å²) < 4.78 is 33.4. The van der Waals surface area contributed by atoms with Crippen molar-refractivity contribution >= 4 is 27.5 Å². The van der Waals surface area contributed by atoms with E-state index in [0.29, 0.717) is 42.6 Å². The molecule has 1 saturated heterocycles. The lowest BCUT2D eigenvalue weighted by Crippen LogP contribution is -2.42. The third kappa shape index (κ3) is 4.92. The van der Waals surface area contributed by atoms with E-state index in [9.17, 15) is 18.0 Å². The molecule has 2 heterocycles. The van der Waals surface area contributed by atoms with Crippen LogP contribution in [0.15, 0.2) is 47.4 Å². The molecule has 1 fully saturated rings. The Morgan fingerprint density at radius 1 is 1.20 bits per heavy atom. The number of anilines is 1. The van der Waals surface area contributed by atoms with Crippen LogP contribution in [0.5, 0.6) is 5.75 Å². The number of fused-ring (bicyclic) bond motifs is 1. The van der Waals surface area contributed by atoms with Crippen molar-refractivity contribution in [3.05, 3.63) is 53.6 Å². The fraction of sp³-hybridized carbons (Fsp3) is 0.462. The van der Waals surface area contributed by atoms with Crippen LogP contribution in [0.25, 0.3) is 0 Å². The number of sulfonamides is 1. The van der Waals surface area contributed by atoms with Gasteiger partial charge in [0.2, 0.25) is 21.8 Å². The van der Waals surface area contributed by atoms with Gasteiger partial charge >= 0.3 is 0 Å². The zero-order valence-electron chi connectivity index (χ0n) is 20.7. The summed E-state index contributed by atoms with van der Waals surface area (Å²) in [5.74, 6) is 0.484. The van der Waals surface area contributed by atoms with Crippen molar-refractivity contribution in [2.45, 2.75) is 50.5 Å². The van der Waals surface area contributed by atoms with E-state index in [-0.39, 0.29) is 23.3 Å². The number of hydrogen-bond donors (Lipinski definition) is 1. The largest absolute Gasteiger partial charge is 0.497 e. The number of carbonyl (C=O) groups is 2. The van der Waals surface area contributed by atoms with E-state index >= 15 is 0 Å². The second kappa shape index (κ2) is 9.62. The lowest BCUT2D eigenvalue weighted by Gasteiger charge is -2.30. The highest BCUT2D eigenvalue weighted by Crippen LogP contribution is 2.43. The zero-order valence-corrected chi connectivity index (χ0v) is 21.5. The minimum absolute atomic E-state index is 0.144. The van der Waals surface area contributed by atoms with Crippen LogP contribution in [-0.4, -0.2) is 51.3 Å². The van der Waals surface area contributed by atoms with Crippen LogP contribution in [0.2, 0.25) is 0 Å². The van der Waals surface area contributed by atoms with Crippen molar-refractivity contribution in [2.75, 3.05) is 31.6 Å². The maximum absolute atomic E-state index is 13.3. The number of nitrogens with one attached hydrogen (secondary N) is 1. The summed E-state index contributed by atoms with van der Waals surface area (Å²) in [6.45, 7) is 6.76. The average molecular weight is 500 g/mol. The lowest BCUT2D eigenvalue weighted by atomic mass is 9.86. The smallest absolute Gasteiger partial charge is 0.243 e. The number of nitrogens with zero attached hydrogens (tertiary/aromatic N) is 2. The SMILES string of the molecule is COc1cccc(CNC(=O)CN2C(=O)C(C)(C)c3cc(S(=O)(=O)N4CCC[C@@H](C)C4)ccc32)c1. The van der Waals surface area contributed by atoms with Gasteiger partial charge in [-0.3, -0.25) is 9.59 Å². The van der Waals surface area contributed by atoms with Gasteiger partial charge in [0.25, 0.3) is 0 Å². The Labute approximate surface area is 207 Å². The first-order valence-electron chi connectivity index (χ1n) is 11.9. The monoisotopic (exact) mass is 499 g/mol. The van der Waals surface area contributed by atoms with Gasteiger partial charge in [-0.15, -0.1) is 0 Å². The van der Waals surface area contributed by atoms with Crippen molar-refractivity contribution < 1.29 is 22.7 Å². The molecule has 1 atom stereocenters. The normalized spacial score (nSPS) is 19.9. The molecule has 1 N–H and O–H groups in total. The van der Waals surface area contributed by atoms with Crippen LogP contribution in [0.1, 0.15) is 44.7 Å². The van der Waals surface area contributed by atoms with Crippen molar-refractivity contribution in [1.82, 2.24) is 9.62 Å². The molecule has 4 rings (SSSR count). The van der Waals surface area contributed by atoms with Gasteiger partial charge in [-0.1, -0.05) is 19.1 Å². The van der Waals surface area contributed by atoms with E-state index in [1.54, 1.807) is 39.2 Å². The van der Waals surface area contributed by atoms with Crippen molar-refractivity contribution in [1.29, 1.82) is 0 Å². The number of benzene rings is 2. The second-order valence-corrected chi connectivity index (χ2v) is 11.9. The number of carbonyl (C=O) groups excluding carboxylic acids is 2. The first-order chi connectivity index (χ1) is 16.5. The van der Waals surface area contributed by atoms with Crippen LogP contribution >= 0.6 is 0 Å². The van der Waals surface area contributed by atoms with Gasteiger partial charge < -0.3 is 15.0 Å². The highest BCUT2D eigenvalue weighted by atomic mass is 32.2. The number of piperidine rings is 1. The number of hydrogen-bond acceptors (Lipinski definition) is 5. The Balaban J connectivity index is 1.53. The first kappa shape index (κ1) is 25.2. The van der Waals surface area contributed by atoms with Gasteiger partial charge in [0, 0.05) is 25.3 Å². The van der Waals surface area contributed by atoms with Crippen LogP contribution < -0.4 is 15.0 Å². The molecule has 0 unspecified atom stereocenters. The second-order valence-electron chi connectivity index (χ2n) is 9.93. The van der Waals surface area contributed by atoms with Crippen molar-refractivity contribution in [3.8, 4) is 5.75 Å². The summed E-state index contributed by atoms with van der Waals surface area (Å²) in [5.41, 5.74) is 1.13. The third-order valence-corrected chi connectivity index (χ3v) is 8.76. The maximum atomic E-state index is 13.3. The molecule has 9 heteroatoms. The van der Waals surface area contributed by atoms with Crippen molar-refractivity contribution in [3.63, 3.8) is 0 Å². The molecule has 35 heavy (non-hydrogen) atoms. The molecule has 2 aliphatic heterocycles. The molecular weight excluding hydrogens is 466 g/mol. The van der Waals surface area contributed by atoms with Gasteiger partial charge in [0.1, 0.15) is 12.3 Å². The lowest BCUT2D eigenvalue weighted by molar-refractivity contribution is -0.125. The Hall–Kier alpha value is -2.91. The van der Waals surface area contributed by atoms with Gasteiger partial charge in [-0.05, 0) is 74.1 Å². The fourth-order valence-corrected chi connectivity index (χ4v) is 6.45. The Morgan fingerprint density at radius 2 is 1.97 bits per heavy atom.